The molecule has 0 aliphatic rings. The Morgan fingerprint density at radius 3 is 2.59 bits per heavy atom. The zero-order valence-corrected chi connectivity index (χ0v) is 13.6. The van der Waals surface area contributed by atoms with E-state index in [0.717, 1.165) is 38.5 Å². The summed E-state index contributed by atoms with van der Waals surface area (Å²) >= 11 is 0.709. The van der Waals surface area contributed by atoms with E-state index in [1.165, 1.54) is 0 Å². The molecule has 5 heteroatoms. The quantitative estimate of drug-likeness (QED) is 0.276. The maximum Gasteiger partial charge on any atom is 0.407 e. The van der Waals surface area contributed by atoms with Crippen LogP contribution in [0.1, 0.15) is 38.5 Å². The summed E-state index contributed by atoms with van der Waals surface area (Å²) in [6.45, 7) is 3.96. The Labute approximate surface area is 136 Å². The molecule has 0 aliphatic carbocycles. The summed E-state index contributed by atoms with van der Waals surface area (Å²) in [7, 11) is 0. The second kappa shape index (κ2) is 12.1. The fourth-order valence-corrected chi connectivity index (χ4v) is 2.25. The topological polar surface area (TPSA) is 55.8 Å². The van der Waals surface area contributed by atoms with E-state index in [4.69, 9.17) is 8.92 Å². The van der Waals surface area contributed by atoms with Gasteiger partial charge in [-0.1, -0.05) is 50.0 Å². The SMILES string of the molecule is C=CC(O)CCCCCCCOC(=O)SOc1ccccc1. The number of carbonyl (C=O) groups is 1. The van der Waals surface area contributed by atoms with Crippen molar-refractivity contribution in [1.29, 1.82) is 0 Å². The van der Waals surface area contributed by atoms with E-state index < -0.39 is 5.30 Å². The van der Waals surface area contributed by atoms with E-state index in [2.05, 4.69) is 6.58 Å². The number of benzene rings is 1. The molecular weight excluding hydrogens is 300 g/mol. The fourth-order valence-electron chi connectivity index (χ4n) is 1.84. The van der Waals surface area contributed by atoms with Crippen molar-refractivity contribution < 1.29 is 18.8 Å². The van der Waals surface area contributed by atoms with Crippen molar-refractivity contribution in [2.24, 2.45) is 0 Å². The molecule has 1 atom stereocenters. The smallest absolute Gasteiger partial charge is 0.407 e. The fraction of sp³-hybridized carbons (Fsp3) is 0.471. The number of ether oxygens (including phenoxy) is 1. The van der Waals surface area contributed by atoms with E-state index in [9.17, 15) is 9.90 Å². The molecule has 0 aliphatic heterocycles. The van der Waals surface area contributed by atoms with Gasteiger partial charge in [0, 0.05) is 0 Å². The third kappa shape index (κ3) is 9.47. The molecule has 1 aromatic carbocycles. The van der Waals surface area contributed by atoms with Crippen molar-refractivity contribution in [3.8, 4) is 5.75 Å². The molecule has 4 nitrogen and oxygen atoms in total. The van der Waals surface area contributed by atoms with E-state index in [1.54, 1.807) is 18.2 Å². The van der Waals surface area contributed by atoms with Crippen LogP contribution in [0.15, 0.2) is 43.0 Å². The van der Waals surface area contributed by atoms with Gasteiger partial charge >= 0.3 is 5.30 Å². The van der Waals surface area contributed by atoms with Crippen LogP contribution in [-0.4, -0.2) is 23.1 Å². The molecule has 22 heavy (non-hydrogen) atoms. The Hall–Kier alpha value is -1.46. The average Bonchev–Trinajstić information content (AvgIpc) is 2.56. The molecule has 0 saturated carbocycles. The lowest BCUT2D eigenvalue weighted by Gasteiger charge is -2.06. The molecule has 0 bridgehead atoms. The van der Waals surface area contributed by atoms with Crippen LogP contribution in [0.5, 0.6) is 5.75 Å². The number of aliphatic hydroxyl groups is 1. The monoisotopic (exact) mass is 324 g/mol. The summed E-state index contributed by atoms with van der Waals surface area (Å²) in [5, 5.41) is 8.88. The standard InChI is InChI=1S/C17H24O4S/c1-2-15(18)11-7-4-3-5-10-14-20-17(19)22-21-16-12-8-6-9-13-16/h2,6,8-9,12-13,15,18H,1,3-5,7,10-11,14H2. The Morgan fingerprint density at radius 2 is 1.86 bits per heavy atom. The van der Waals surface area contributed by atoms with Crippen LogP contribution in [0.2, 0.25) is 0 Å². The lowest BCUT2D eigenvalue weighted by atomic mass is 10.1. The first-order valence-electron chi connectivity index (χ1n) is 7.59. The number of unbranched alkanes of at least 4 members (excludes halogenated alkanes) is 4. The third-order valence-corrected chi connectivity index (χ3v) is 3.62. The number of hydrogen-bond donors (Lipinski definition) is 1. The molecule has 122 valence electrons. The van der Waals surface area contributed by atoms with Gasteiger partial charge in [-0.15, -0.1) is 6.58 Å². The summed E-state index contributed by atoms with van der Waals surface area (Å²) in [5.74, 6) is 0.631. The molecule has 1 N–H and O–H groups in total. The minimum absolute atomic E-state index is 0.386. The maximum atomic E-state index is 11.4. The first kappa shape index (κ1) is 18.6. The number of aliphatic hydroxyl groups excluding tert-OH is 1. The van der Waals surface area contributed by atoms with Crippen molar-refractivity contribution in [2.45, 2.75) is 44.6 Å². The summed E-state index contributed by atoms with van der Waals surface area (Å²) in [4.78, 5) is 11.4. The van der Waals surface area contributed by atoms with Crippen LogP contribution in [-0.2, 0) is 4.74 Å². The lowest BCUT2D eigenvalue weighted by Crippen LogP contribution is -2.02. The van der Waals surface area contributed by atoms with Crippen LogP contribution in [0.3, 0.4) is 0 Å². The van der Waals surface area contributed by atoms with Gasteiger partial charge in [0.15, 0.2) is 12.0 Å². The molecule has 0 fully saturated rings. The van der Waals surface area contributed by atoms with Crippen LogP contribution < -0.4 is 4.18 Å². The molecule has 1 rings (SSSR count). The molecule has 0 radical (unpaired) electrons. The largest absolute Gasteiger partial charge is 0.455 e. The average molecular weight is 324 g/mol. The highest BCUT2D eigenvalue weighted by molar-refractivity contribution is 8.09. The van der Waals surface area contributed by atoms with Gasteiger partial charge in [-0.25, -0.2) is 4.79 Å². The normalized spacial score (nSPS) is 11.7. The summed E-state index contributed by atoms with van der Waals surface area (Å²) in [6.07, 6.45) is 6.96. The molecule has 0 aromatic heterocycles. The van der Waals surface area contributed by atoms with Crippen molar-refractivity contribution in [2.75, 3.05) is 6.61 Å². The Balaban J connectivity index is 1.92. The van der Waals surface area contributed by atoms with Crippen LogP contribution >= 0.6 is 12.0 Å². The summed E-state index contributed by atoms with van der Waals surface area (Å²) in [5.41, 5.74) is 0. The molecule has 1 unspecified atom stereocenters. The van der Waals surface area contributed by atoms with Gasteiger partial charge < -0.3 is 14.0 Å². The predicted molar refractivity (Wildman–Crippen MR) is 89.9 cm³/mol. The maximum absolute atomic E-state index is 11.4. The zero-order valence-electron chi connectivity index (χ0n) is 12.8. The van der Waals surface area contributed by atoms with Crippen LogP contribution in [0, 0.1) is 0 Å². The highest BCUT2D eigenvalue weighted by atomic mass is 32.2. The van der Waals surface area contributed by atoms with E-state index >= 15 is 0 Å². The van der Waals surface area contributed by atoms with Gasteiger partial charge in [-0.05, 0) is 25.0 Å². The molecule has 0 spiro atoms. The van der Waals surface area contributed by atoms with Crippen molar-refractivity contribution >= 4 is 17.3 Å². The minimum atomic E-state index is -0.419. The second-order valence-corrected chi connectivity index (χ2v) is 5.60. The van der Waals surface area contributed by atoms with Crippen LogP contribution in [0.4, 0.5) is 4.79 Å². The van der Waals surface area contributed by atoms with Gasteiger partial charge in [-0.2, -0.15) is 0 Å². The van der Waals surface area contributed by atoms with E-state index in [1.807, 2.05) is 18.2 Å². The number of para-hydroxylation sites is 1. The Morgan fingerprint density at radius 1 is 1.18 bits per heavy atom. The van der Waals surface area contributed by atoms with Gasteiger partial charge in [-0.3, -0.25) is 0 Å². The molecular formula is C17H24O4S. The summed E-state index contributed by atoms with van der Waals surface area (Å²) in [6, 6.07) is 9.13. The number of carbonyl (C=O) groups excluding carboxylic acids is 1. The van der Waals surface area contributed by atoms with Gasteiger partial charge in [0.25, 0.3) is 0 Å². The van der Waals surface area contributed by atoms with Crippen LogP contribution in [0.25, 0.3) is 0 Å². The van der Waals surface area contributed by atoms with Gasteiger partial charge in [0.1, 0.15) is 5.75 Å². The lowest BCUT2D eigenvalue weighted by molar-refractivity contribution is 0.171. The molecule has 0 amide bonds. The first-order valence-corrected chi connectivity index (χ1v) is 8.33. The highest BCUT2D eigenvalue weighted by Gasteiger charge is 2.06. The number of rotatable bonds is 11. The first-order chi connectivity index (χ1) is 10.7. The van der Waals surface area contributed by atoms with Crippen molar-refractivity contribution in [3.05, 3.63) is 43.0 Å². The Bertz CT molecular complexity index is 422. The second-order valence-electron chi connectivity index (χ2n) is 4.94. The van der Waals surface area contributed by atoms with E-state index in [0.29, 0.717) is 24.4 Å². The third-order valence-electron chi connectivity index (χ3n) is 3.09. The molecule has 1 aromatic rings. The van der Waals surface area contributed by atoms with E-state index in [-0.39, 0.29) is 6.10 Å². The highest BCUT2D eigenvalue weighted by Crippen LogP contribution is 2.17. The van der Waals surface area contributed by atoms with Gasteiger partial charge in [0.2, 0.25) is 0 Å². The van der Waals surface area contributed by atoms with Crippen molar-refractivity contribution in [3.63, 3.8) is 0 Å². The van der Waals surface area contributed by atoms with Gasteiger partial charge in [0.05, 0.1) is 12.7 Å². The zero-order chi connectivity index (χ0) is 16.0. The molecule has 0 heterocycles. The number of hydrogen-bond acceptors (Lipinski definition) is 5. The Kier molecular flexibility index (Phi) is 10.2. The summed E-state index contributed by atoms with van der Waals surface area (Å²) < 4.78 is 10.3. The minimum Gasteiger partial charge on any atom is -0.455 e. The molecule has 0 saturated heterocycles. The predicted octanol–water partition coefficient (Wildman–Crippen LogP) is 4.74. The van der Waals surface area contributed by atoms with Crippen molar-refractivity contribution in [1.82, 2.24) is 0 Å².